The van der Waals surface area contributed by atoms with Gasteiger partial charge in [0.25, 0.3) is 0 Å². The van der Waals surface area contributed by atoms with Gasteiger partial charge in [-0.15, -0.1) is 0 Å². The number of nitrogens with one attached hydrogen (secondary N) is 1. The van der Waals surface area contributed by atoms with Crippen LogP contribution < -0.4 is 11.2 Å². The molecule has 0 rings (SSSR count). The summed E-state index contributed by atoms with van der Waals surface area (Å²) in [5.41, 5.74) is 7.51. The molecule has 0 saturated heterocycles. The summed E-state index contributed by atoms with van der Waals surface area (Å²) in [4.78, 5) is 15.1. The van der Waals surface area contributed by atoms with E-state index in [1.165, 1.54) is 7.11 Å². The quantitative estimate of drug-likeness (QED) is 0.533. The lowest BCUT2D eigenvalue weighted by molar-refractivity contribution is -0.132. The molecule has 4 heteroatoms. The summed E-state index contributed by atoms with van der Waals surface area (Å²) in [5, 5.41) is 0. The average Bonchev–Trinajstić information content (AvgIpc) is 1.88. The Labute approximate surface area is 60.7 Å². The van der Waals surface area contributed by atoms with Crippen molar-refractivity contribution in [2.75, 3.05) is 13.7 Å². The highest BCUT2D eigenvalue weighted by atomic mass is 16.6. The predicted octanol–water partition coefficient (Wildman–Crippen LogP) is -0.351. The molecule has 1 amide bonds. The monoisotopic (exact) mass is 146 g/mol. The van der Waals surface area contributed by atoms with Gasteiger partial charge in [-0.25, -0.2) is 5.48 Å². The van der Waals surface area contributed by atoms with Crippen molar-refractivity contribution in [2.24, 2.45) is 11.7 Å². The van der Waals surface area contributed by atoms with Crippen LogP contribution in [0.5, 0.6) is 0 Å². The van der Waals surface area contributed by atoms with Gasteiger partial charge in [-0.05, 0) is 12.5 Å². The van der Waals surface area contributed by atoms with Crippen molar-refractivity contribution in [1.82, 2.24) is 5.48 Å². The molecule has 0 heterocycles. The van der Waals surface area contributed by atoms with Gasteiger partial charge in [0.05, 0.1) is 7.11 Å². The lowest BCUT2D eigenvalue weighted by Gasteiger charge is -2.06. The highest BCUT2D eigenvalue weighted by Gasteiger charge is 2.05. The molecule has 4 nitrogen and oxygen atoms in total. The van der Waals surface area contributed by atoms with E-state index in [9.17, 15) is 4.79 Å². The molecular formula is C6H14N2O2. The summed E-state index contributed by atoms with van der Waals surface area (Å²) in [7, 11) is 1.41. The van der Waals surface area contributed by atoms with Crippen molar-refractivity contribution in [3.63, 3.8) is 0 Å². The Morgan fingerprint density at radius 3 is 2.80 bits per heavy atom. The third kappa shape index (κ3) is 4.29. The van der Waals surface area contributed by atoms with Crippen molar-refractivity contribution in [2.45, 2.75) is 13.3 Å². The maximum atomic E-state index is 10.7. The highest BCUT2D eigenvalue weighted by molar-refractivity contribution is 5.74. The molecule has 0 aromatic carbocycles. The van der Waals surface area contributed by atoms with E-state index >= 15 is 0 Å². The van der Waals surface area contributed by atoms with Crippen molar-refractivity contribution in [3.05, 3.63) is 0 Å². The molecule has 0 aliphatic carbocycles. The first-order chi connectivity index (χ1) is 4.70. The number of amides is 1. The van der Waals surface area contributed by atoms with Crippen LogP contribution in [0.4, 0.5) is 0 Å². The zero-order chi connectivity index (χ0) is 7.98. The highest BCUT2D eigenvalue weighted by Crippen LogP contribution is 1.97. The molecule has 1 atom stereocenters. The van der Waals surface area contributed by atoms with Gasteiger partial charge >= 0.3 is 0 Å². The topological polar surface area (TPSA) is 64.3 Å². The first-order valence-corrected chi connectivity index (χ1v) is 3.22. The Balaban J connectivity index is 3.37. The molecular weight excluding hydrogens is 132 g/mol. The summed E-state index contributed by atoms with van der Waals surface area (Å²) in [6.07, 6.45) is 0.421. The third-order valence-corrected chi connectivity index (χ3v) is 1.15. The molecule has 1 unspecified atom stereocenters. The van der Waals surface area contributed by atoms with Crippen molar-refractivity contribution < 1.29 is 9.63 Å². The SMILES string of the molecule is CONC(=O)CC(C)CN. The van der Waals surface area contributed by atoms with Crippen LogP contribution in [0.2, 0.25) is 0 Å². The normalized spacial score (nSPS) is 12.7. The second-order valence-electron chi connectivity index (χ2n) is 2.27. The molecule has 10 heavy (non-hydrogen) atoms. The third-order valence-electron chi connectivity index (χ3n) is 1.15. The van der Waals surface area contributed by atoms with Crippen molar-refractivity contribution in [1.29, 1.82) is 0 Å². The maximum Gasteiger partial charge on any atom is 0.243 e. The van der Waals surface area contributed by atoms with Crippen LogP contribution in [0.25, 0.3) is 0 Å². The molecule has 0 aliphatic heterocycles. The van der Waals surface area contributed by atoms with Gasteiger partial charge in [0, 0.05) is 6.42 Å². The van der Waals surface area contributed by atoms with Crippen LogP contribution in [0.1, 0.15) is 13.3 Å². The van der Waals surface area contributed by atoms with E-state index in [0.29, 0.717) is 13.0 Å². The van der Waals surface area contributed by atoms with Gasteiger partial charge < -0.3 is 5.73 Å². The Morgan fingerprint density at radius 1 is 1.80 bits per heavy atom. The lowest BCUT2D eigenvalue weighted by Crippen LogP contribution is -2.26. The maximum absolute atomic E-state index is 10.7. The predicted molar refractivity (Wildman–Crippen MR) is 38.0 cm³/mol. The first kappa shape index (κ1) is 9.39. The number of hydrogen-bond acceptors (Lipinski definition) is 3. The van der Waals surface area contributed by atoms with E-state index in [-0.39, 0.29) is 11.8 Å². The largest absolute Gasteiger partial charge is 0.330 e. The Bertz CT molecular complexity index is 106. The minimum atomic E-state index is -0.125. The van der Waals surface area contributed by atoms with Crippen molar-refractivity contribution in [3.8, 4) is 0 Å². The second-order valence-corrected chi connectivity index (χ2v) is 2.27. The van der Waals surface area contributed by atoms with E-state index in [0.717, 1.165) is 0 Å². The van der Waals surface area contributed by atoms with Crippen LogP contribution in [-0.2, 0) is 9.63 Å². The number of hydrogen-bond donors (Lipinski definition) is 2. The molecule has 0 fully saturated rings. The van der Waals surface area contributed by atoms with Gasteiger partial charge in [0.15, 0.2) is 0 Å². The molecule has 0 radical (unpaired) electrons. The van der Waals surface area contributed by atoms with E-state index < -0.39 is 0 Å². The van der Waals surface area contributed by atoms with E-state index in [4.69, 9.17) is 5.73 Å². The van der Waals surface area contributed by atoms with Gasteiger partial charge in [0.2, 0.25) is 5.91 Å². The van der Waals surface area contributed by atoms with Gasteiger partial charge in [-0.2, -0.15) is 0 Å². The molecule has 0 aromatic heterocycles. The standard InChI is InChI=1S/C6H14N2O2/c1-5(4-7)3-6(9)8-10-2/h5H,3-4,7H2,1-2H3,(H,8,9). The number of nitrogens with two attached hydrogens (primary N) is 1. The van der Waals surface area contributed by atoms with E-state index in [2.05, 4.69) is 10.3 Å². The number of hydroxylamine groups is 1. The van der Waals surface area contributed by atoms with Crippen LogP contribution in [0.3, 0.4) is 0 Å². The molecule has 0 aliphatic rings. The number of rotatable bonds is 4. The Morgan fingerprint density at radius 2 is 2.40 bits per heavy atom. The first-order valence-electron chi connectivity index (χ1n) is 3.22. The number of carbonyl (C=O) groups excluding carboxylic acids is 1. The fourth-order valence-corrected chi connectivity index (χ4v) is 0.555. The molecule has 3 N–H and O–H groups in total. The summed E-state index contributed by atoms with van der Waals surface area (Å²) in [6, 6.07) is 0. The average molecular weight is 146 g/mol. The molecule has 0 spiro atoms. The van der Waals surface area contributed by atoms with Crippen LogP contribution in [0, 0.1) is 5.92 Å². The van der Waals surface area contributed by atoms with Crippen LogP contribution in [0.15, 0.2) is 0 Å². The van der Waals surface area contributed by atoms with Gasteiger partial charge in [-0.3, -0.25) is 9.63 Å². The summed E-state index contributed by atoms with van der Waals surface area (Å²) in [5.74, 6) is 0.0931. The lowest BCUT2D eigenvalue weighted by atomic mass is 10.1. The molecule has 0 saturated carbocycles. The Kier molecular flexibility index (Phi) is 4.88. The molecule has 0 aromatic rings. The number of carbonyl (C=O) groups is 1. The minimum absolute atomic E-state index is 0.125. The van der Waals surface area contributed by atoms with Crippen LogP contribution >= 0.6 is 0 Å². The van der Waals surface area contributed by atoms with Gasteiger partial charge in [0.1, 0.15) is 0 Å². The van der Waals surface area contributed by atoms with Gasteiger partial charge in [-0.1, -0.05) is 6.92 Å². The van der Waals surface area contributed by atoms with E-state index in [1.807, 2.05) is 6.92 Å². The van der Waals surface area contributed by atoms with Crippen molar-refractivity contribution >= 4 is 5.91 Å². The zero-order valence-electron chi connectivity index (χ0n) is 6.39. The Hall–Kier alpha value is -0.610. The summed E-state index contributed by atoms with van der Waals surface area (Å²) >= 11 is 0. The summed E-state index contributed by atoms with van der Waals surface area (Å²) in [6.45, 7) is 2.44. The smallest absolute Gasteiger partial charge is 0.243 e. The van der Waals surface area contributed by atoms with Crippen LogP contribution in [-0.4, -0.2) is 19.6 Å². The fraction of sp³-hybridized carbons (Fsp3) is 0.833. The molecule has 0 bridgehead atoms. The summed E-state index contributed by atoms with van der Waals surface area (Å²) < 4.78 is 0. The second kappa shape index (κ2) is 5.20. The zero-order valence-corrected chi connectivity index (χ0v) is 6.39. The van der Waals surface area contributed by atoms with E-state index in [1.54, 1.807) is 0 Å². The minimum Gasteiger partial charge on any atom is -0.330 e. The molecule has 60 valence electrons. The fourth-order valence-electron chi connectivity index (χ4n) is 0.555.